The Morgan fingerprint density at radius 3 is 2.65 bits per heavy atom. The molecule has 0 atom stereocenters. The molecule has 138 valence electrons. The summed E-state index contributed by atoms with van der Waals surface area (Å²) in [5.41, 5.74) is 0.684. The molecule has 0 spiro atoms. The first-order chi connectivity index (χ1) is 12.3. The summed E-state index contributed by atoms with van der Waals surface area (Å²) in [5.74, 6) is 3.45. The van der Waals surface area contributed by atoms with Gasteiger partial charge in [-0.1, -0.05) is 20.8 Å². The smallest absolute Gasteiger partial charge is 0.208 e. The third kappa shape index (κ3) is 3.05. The van der Waals surface area contributed by atoms with Crippen molar-refractivity contribution < 1.29 is 4.42 Å². The van der Waals surface area contributed by atoms with Gasteiger partial charge in [0.1, 0.15) is 11.6 Å². The molecule has 8 heteroatoms. The average Bonchev–Trinajstić information content (AvgIpc) is 3.11. The minimum Gasteiger partial charge on any atom is -0.445 e. The Morgan fingerprint density at radius 2 is 2.00 bits per heavy atom. The molecule has 26 heavy (non-hydrogen) atoms. The van der Waals surface area contributed by atoms with E-state index in [0.717, 1.165) is 48.6 Å². The maximum atomic E-state index is 5.57. The van der Waals surface area contributed by atoms with Crippen molar-refractivity contribution in [1.29, 1.82) is 0 Å². The first kappa shape index (κ1) is 17.0. The molecular weight excluding hydrogens is 330 g/mol. The van der Waals surface area contributed by atoms with Crippen LogP contribution in [0.2, 0.25) is 0 Å². The van der Waals surface area contributed by atoms with Gasteiger partial charge in [-0.3, -0.25) is 4.90 Å². The number of aryl methyl sites for hydroxylation is 1. The first-order valence-corrected chi connectivity index (χ1v) is 8.91. The second kappa shape index (κ2) is 6.05. The van der Waals surface area contributed by atoms with E-state index >= 15 is 0 Å². The molecule has 3 aromatic heterocycles. The SMILES string of the molecule is Cc1cnc(CN(C)C2CN(c3ccc4nnc(C(C)(C)C)n4n3)C2)o1. The van der Waals surface area contributed by atoms with E-state index in [0.29, 0.717) is 6.04 Å². The average molecular weight is 355 g/mol. The van der Waals surface area contributed by atoms with Gasteiger partial charge < -0.3 is 9.32 Å². The molecule has 1 fully saturated rings. The van der Waals surface area contributed by atoms with E-state index in [-0.39, 0.29) is 5.41 Å². The van der Waals surface area contributed by atoms with Crippen LogP contribution < -0.4 is 4.90 Å². The number of nitrogens with zero attached hydrogens (tertiary/aromatic N) is 7. The number of hydrogen-bond acceptors (Lipinski definition) is 7. The quantitative estimate of drug-likeness (QED) is 0.709. The van der Waals surface area contributed by atoms with E-state index in [1.54, 1.807) is 6.20 Å². The highest BCUT2D eigenvalue weighted by atomic mass is 16.4. The molecule has 4 rings (SSSR count). The zero-order chi connectivity index (χ0) is 18.5. The van der Waals surface area contributed by atoms with Crippen LogP contribution in [-0.4, -0.2) is 55.9 Å². The molecular formula is C18H25N7O. The van der Waals surface area contributed by atoms with E-state index < -0.39 is 0 Å². The second-order valence-electron chi connectivity index (χ2n) is 8.07. The van der Waals surface area contributed by atoms with Crippen molar-refractivity contribution in [3.63, 3.8) is 0 Å². The zero-order valence-electron chi connectivity index (χ0n) is 16.0. The lowest BCUT2D eigenvalue weighted by Gasteiger charge is -2.44. The van der Waals surface area contributed by atoms with Crippen molar-refractivity contribution in [3.05, 3.63) is 35.8 Å². The molecule has 0 amide bonds. The van der Waals surface area contributed by atoms with Gasteiger partial charge in [-0.2, -0.15) is 4.52 Å². The zero-order valence-corrected chi connectivity index (χ0v) is 16.0. The molecule has 8 nitrogen and oxygen atoms in total. The number of rotatable bonds is 4. The highest BCUT2D eigenvalue weighted by Gasteiger charge is 2.32. The van der Waals surface area contributed by atoms with E-state index in [4.69, 9.17) is 9.52 Å². The van der Waals surface area contributed by atoms with Gasteiger partial charge in [-0.25, -0.2) is 4.98 Å². The summed E-state index contributed by atoms with van der Waals surface area (Å²) in [4.78, 5) is 8.83. The Bertz CT molecular complexity index is 917. The monoisotopic (exact) mass is 355 g/mol. The highest BCUT2D eigenvalue weighted by molar-refractivity contribution is 5.48. The van der Waals surface area contributed by atoms with Crippen LogP contribution in [0, 0.1) is 6.92 Å². The van der Waals surface area contributed by atoms with Gasteiger partial charge in [0.15, 0.2) is 11.5 Å². The summed E-state index contributed by atoms with van der Waals surface area (Å²) in [7, 11) is 2.11. The third-order valence-electron chi connectivity index (χ3n) is 4.78. The van der Waals surface area contributed by atoms with E-state index in [9.17, 15) is 0 Å². The van der Waals surface area contributed by atoms with E-state index in [1.807, 2.05) is 23.6 Å². The minimum absolute atomic E-state index is 0.100. The minimum atomic E-state index is -0.100. The van der Waals surface area contributed by atoms with E-state index in [2.05, 4.69) is 52.8 Å². The summed E-state index contributed by atoms with van der Waals surface area (Å²) >= 11 is 0. The van der Waals surface area contributed by atoms with Gasteiger partial charge in [0.25, 0.3) is 0 Å². The topological polar surface area (TPSA) is 75.6 Å². The Balaban J connectivity index is 1.45. The Kier molecular flexibility index (Phi) is 3.95. The molecule has 0 saturated carbocycles. The molecule has 1 aliphatic heterocycles. The number of fused-ring (bicyclic) bond motifs is 1. The van der Waals surface area contributed by atoms with Crippen molar-refractivity contribution in [2.45, 2.75) is 45.7 Å². The predicted molar refractivity (Wildman–Crippen MR) is 98.2 cm³/mol. The van der Waals surface area contributed by atoms with Gasteiger partial charge in [0.2, 0.25) is 5.89 Å². The molecule has 0 unspecified atom stereocenters. The molecule has 3 aromatic rings. The molecule has 1 saturated heterocycles. The third-order valence-corrected chi connectivity index (χ3v) is 4.78. The number of oxazole rings is 1. The van der Waals surface area contributed by atoms with Crippen molar-refractivity contribution in [3.8, 4) is 0 Å². The van der Waals surface area contributed by atoms with Crippen molar-refractivity contribution in [2.75, 3.05) is 25.0 Å². The molecule has 0 bridgehead atoms. The van der Waals surface area contributed by atoms with Crippen LogP contribution >= 0.6 is 0 Å². The van der Waals surface area contributed by atoms with Crippen LogP contribution in [-0.2, 0) is 12.0 Å². The summed E-state index contributed by atoms with van der Waals surface area (Å²) in [6.45, 7) is 10.9. The lowest BCUT2D eigenvalue weighted by Crippen LogP contribution is -2.58. The number of hydrogen-bond donors (Lipinski definition) is 0. The van der Waals surface area contributed by atoms with Crippen molar-refractivity contribution in [2.24, 2.45) is 0 Å². The molecule has 0 aliphatic carbocycles. The number of likely N-dealkylation sites (N-methyl/N-ethyl adjacent to an activating group) is 1. The van der Waals surface area contributed by atoms with Gasteiger partial charge in [0.05, 0.1) is 12.7 Å². The van der Waals surface area contributed by atoms with Crippen LogP contribution in [0.5, 0.6) is 0 Å². The summed E-state index contributed by atoms with van der Waals surface area (Å²) < 4.78 is 7.44. The first-order valence-electron chi connectivity index (χ1n) is 8.91. The van der Waals surface area contributed by atoms with Crippen LogP contribution in [0.1, 0.15) is 38.2 Å². The summed E-state index contributed by atoms with van der Waals surface area (Å²) in [5, 5.41) is 13.3. The normalized spacial score (nSPS) is 15.8. The standard InChI is InChI=1S/C18H25N7O/c1-12-8-19-16(26-12)11-23(5)13-9-24(10-13)15-7-6-14-20-21-17(18(2,3)4)25(14)22-15/h6-8,13H,9-11H2,1-5H3. The van der Waals surface area contributed by atoms with Gasteiger partial charge in [-0.05, 0) is 26.1 Å². The molecule has 4 heterocycles. The molecule has 0 N–H and O–H groups in total. The Labute approximate surface area is 152 Å². The molecule has 1 aliphatic rings. The maximum Gasteiger partial charge on any atom is 0.208 e. The summed E-state index contributed by atoms with van der Waals surface area (Å²) in [6, 6.07) is 4.46. The lowest BCUT2D eigenvalue weighted by molar-refractivity contribution is 0.179. The van der Waals surface area contributed by atoms with Crippen LogP contribution in [0.4, 0.5) is 5.82 Å². The van der Waals surface area contributed by atoms with Crippen molar-refractivity contribution >= 4 is 11.5 Å². The fourth-order valence-corrected chi connectivity index (χ4v) is 3.15. The predicted octanol–water partition coefficient (Wildman–Crippen LogP) is 2.04. The van der Waals surface area contributed by atoms with Gasteiger partial charge in [-0.15, -0.1) is 15.3 Å². The number of aromatic nitrogens is 5. The van der Waals surface area contributed by atoms with Crippen LogP contribution in [0.15, 0.2) is 22.7 Å². The molecule has 0 aromatic carbocycles. The van der Waals surface area contributed by atoms with Crippen LogP contribution in [0.25, 0.3) is 5.65 Å². The largest absolute Gasteiger partial charge is 0.445 e. The highest BCUT2D eigenvalue weighted by Crippen LogP contribution is 2.25. The van der Waals surface area contributed by atoms with Gasteiger partial charge >= 0.3 is 0 Å². The Morgan fingerprint density at radius 1 is 1.23 bits per heavy atom. The molecule has 0 radical (unpaired) electrons. The maximum absolute atomic E-state index is 5.57. The summed E-state index contributed by atoms with van der Waals surface area (Å²) in [6.07, 6.45) is 1.77. The second-order valence-corrected chi connectivity index (χ2v) is 8.07. The van der Waals surface area contributed by atoms with Gasteiger partial charge in [0, 0.05) is 24.5 Å². The van der Waals surface area contributed by atoms with Crippen LogP contribution in [0.3, 0.4) is 0 Å². The fourth-order valence-electron chi connectivity index (χ4n) is 3.15. The van der Waals surface area contributed by atoms with Crippen molar-refractivity contribution in [1.82, 2.24) is 29.7 Å². The Hall–Kier alpha value is -2.48. The fraction of sp³-hybridized carbons (Fsp3) is 0.556. The van der Waals surface area contributed by atoms with E-state index in [1.165, 1.54) is 0 Å². The number of anilines is 1. The lowest BCUT2D eigenvalue weighted by atomic mass is 9.96.